The second-order valence-corrected chi connectivity index (χ2v) is 9.66. The van der Waals surface area contributed by atoms with E-state index < -0.39 is 15.6 Å². The lowest BCUT2D eigenvalue weighted by molar-refractivity contribution is -0.948. The van der Waals surface area contributed by atoms with Crippen LogP contribution in [0.5, 0.6) is 0 Å². The van der Waals surface area contributed by atoms with Crippen LogP contribution in [-0.4, -0.2) is 56.3 Å². The number of hydrogen-bond acceptors (Lipinski definition) is 4. The number of likely N-dealkylation sites (tertiary alicyclic amines) is 1. The second kappa shape index (κ2) is 8.18. The van der Waals surface area contributed by atoms with Crippen molar-refractivity contribution in [1.29, 1.82) is 0 Å². The maximum absolute atomic E-state index is 13.0. The molecular weight excluding hydrogens is 380 g/mol. The summed E-state index contributed by atoms with van der Waals surface area (Å²) in [6.45, 7) is 3.79. The van der Waals surface area contributed by atoms with E-state index in [2.05, 4.69) is 5.32 Å². The van der Waals surface area contributed by atoms with Crippen molar-refractivity contribution >= 4 is 27.5 Å². The highest BCUT2D eigenvalue weighted by Crippen LogP contribution is 2.26. The molecule has 0 spiro atoms. The van der Waals surface area contributed by atoms with Gasteiger partial charge in [-0.25, -0.2) is 8.42 Å². The monoisotopic (exact) mass is 409 g/mol. The number of benzene rings is 1. The minimum atomic E-state index is -3.65. The summed E-state index contributed by atoms with van der Waals surface area (Å²) in [7, 11) is -3.65. The van der Waals surface area contributed by atoms with E-state index in [1.165, 1.54) is 34.7 Å². The fourth-order valence-electron chi connectivity index (χ4n) is 4.40. The highest BCUT2D eigenvalue weighted by Gasteiger charge is 2.50. The van der Waals surface area contributed by atoms with Gasteiger partial charge in [-0.1, -0.05) is 0 Å². The maximum atomic E-state index is 13.0. The number of sulfonamides is 1. The molecule has 3 rings (SSSR count). The molecule has 28 heavy (non-hydrogen) atoms. The molecule has 2 fully saturated rings. The van der Waals surface area contributed by atoms with Gasteiger partial charge in [0, 0.05) is 38.5 Å². The number of anilines is 1. The van der Waals surface area contributed by atoms with Crippen molar-refractivity contribution in [3.63, 3.8) is 0 Å². The van der Waals surface area contributed by atoms with E-state index in [1.54, 1.807) is 12.1 Å². The molecule has 2 aliphatic rings. The predicted molar refractivity (Wildman–Crippen MR) is 105 cm³/mol. The van der Waals surface area contributed by atoms with Gasteiger partial charge in [0.1, 0.15) is 0 Å². The van der Waals surface area contributed by atoms with Crippen molar-refractivity contribution in [3.05, 3.63) is 24.3 Å². The molecule has 9 heteroatoms. The van der Waals surface area contributed by atoms with Gasteiger partial charge in [-0.15, -0.1) is 0 Å². The molecular formula is C19H29N4O4S+. The summed E-state index contributed by atoms with van der Waals surface area (Å²) in [4.78, 5) is 24.8. The third-order valence-corrected chi connectivity index (χ3v) is 7.91. The van der Waals surface area contributed by atoms with Crippen molar-refractivity contribution in [2.75, 3.05) is 31.5 Å². The largest absolute Gasteiger partial charge is 0.364 e. The summed E-state index contributed by atoms with van der Waals surface area (Å²) in [5.41, 5.74) is 5.68. The molecule has 0 radical (unpaired) electrons. The van der Waals surface area contributed by atoms with Crippen LogP contribution < -0.4 is 16.0 Å². The lowest BCUT2D eigenvalue weighted by Gasteiger charge is -2.44. The molecule has 1 aromatic carbocycles. The molecule has 0 saturated carbocycles. The SMILES string of the molecule is CC(=O)Nc1ccc(S(=O)(=O)N2CCC(C(N)=O)([NH+]3CCCCC3)CC2)cc1. The summed E-state index contributed by atoms with van der Waals surface area (Å²) < 4.78 is 27.4. The van der Waals surface area contributed by atoms with Gasteiger partial charge >= 0.3 is 0 Å². The zero-order chi connectivity index (χ0) is 20.4. The highest BCUT2D eigenvalue weighted by molar-refractivity contribution is 7.89. The number of piperidine rings is 2. The average Bonchev–Trinajstić information content (AvgIpc) is 2.68. The van der Waals surface area contributed by atoms with Crippen LogP contribution in [0, 0.1) is 0 Å². The Hall–Kier alpha value is -1.97. The van der Waals surface area contributed by atoms with Crippen LogP contribution in [0.15, 0.2) is 29.2 Å². The van der Waals surface area contributed by atoms with E-state index in [-0.39, 0.29) is 29.8 Å². The number of primary amides is 1. The molecule has 2 amide bonds. The average molecular weight is 410 g/mol. The smallest absolute Gasteiger partial charge is 0.278 e. The Labute approximate surface area is 166 Å². The first-order valence-electron chi connectivity index (χ1n) is 9.78. The van der Waals surface area contributed by atoms with E-state index in [0.717, 1.165) is 25.9 Å². The van der Waals surface area contributed by atoms with E-state index in [4.69, 9.17) is 5.73 Å². The standard InChI is InChI=1S/C19H28N4O4S/c1-15(24)21-16-5-7-17(8-6-16)28(26,27)23-13-9-19(10-14-23,18(20)25)22-11-3-2-4-12-22/h5-8H,2-4,9-14H2,1H3,(H2,20,25)(H,21,24)/p+1. The van der Waals surface area contributed by atoms with Crippen molar-refractivity contribution < 1.29 is 22.9 Å². The Balaban J connectivity index is 1.73. The molecule has 0 bridgehead atoms. The second-order valence-electron chi connectivity index (χ2n) is 7.72. The van der Waals surface area contributed by atoms with Crippen molar-refractivity contribution in [1.82, 2.24) is 4.31 Å². The van der Waals surface area contributed by atoms with Crippen LogP contribution in [0.3, 0.4) is 0 Å². The highest BCUT2D eigenvalue weighted by atomic mass is 32.2. The number of quaternary nitrogens is 1. The number of nitrogens with one attached hydrogen (secondary N) is 2. The Morgan fingerprint density at radius 3 is 2.14 bits per heavy atom. The van der Waals surface area contributed by atoms with Gasteiger partial charge < -0.3 is 16.0 Å². The lowest BCUT2D eigenvalue weighted by atomic mass is 9.84. The number of amides is 2. The summed E-state index contributed by atoms with van der Waals surface area (Å²) in [6, 6.07) is 6.13. The maximum Gasteiger partial charge on any atom is 0.278 e. The molecule has 2 heterocycles. The molecule has 1 aromatic rings. The third kappa shape index (κ3) is 4.06. The number of nitrogens with two attached hydrogens (primary N) is 1. The minimum absolute atomic E-state index is 0.179. The molecule has 0 atom stereocenters. The molecule has 2 saturated heterocycles. The van der Waals surface area contributed by atoms with Crippen molar-refractivity contribution in [2.24, 2.45) is 5.73 Å². The zero-order valence-electron chi connectivity index (χ0n) is 16.2. The van der Waals surface area contributed by atoms with Gasteiger partial charge in [-0.2, -0.15) is 4.31 Å². The summed E-state index contributed by atoms with van der Waals surface area (Å²) >= 11 is 0. The van der Waals surface area contributed by atoms with E-state index in [9.17, 15) is 18.0 Å². The van der Waals surface area contributed by atoms with Gasteiger partial charge in [-0.3, -0.25) is 9.59 Å². The van der Waals surface area contributed by atoms with Crippen LogP contribution in [0.25, 0.3) is 0 Å². The van der Waals surface area contributed by atoms with Crippen molar-refractivity contribution in [2.45, 2.75) is 49.5 Å². The molecule has 2 aliphatic heterocycles. The third-order valence-electron chi connectivity index (χ3n) is 5.99. The molecule has 0 unspecified atom stereocenters. The number of carbonyl (C=O) groups excluding carboxylic acids is 2. The predicted octanol–water partition coefficient (Wildman–Crippen LogP) is -0.278. The van der Waals surface area contributed by atoms with E-state index in [0.29, 0.717) is 18.5 Å². The Bertz CT molecular complexity index is 824. The van der Waals surface area contributed by atoms with E-state index >= 15 is 0 Å². The number of carbonyl (C=O) groups is 2. The summed E-state index contributed by atoms with van der Waals surface area (Å²) in [6.07, 6.45) is 4.22. The van der Waals surface area contributed by atoms with Gasteiger partial charge in [0.25, 0.3) is 5.91 Å². The van der Waals surface area contributed by atoms with Gasteiger partial charge in [0.15, 0.2) is 5.54 Å². The minimum Gasteiger partial charge on any atom is -0.364 e. The Morgan fingerprint density at radius 2 is 1.64 bits per heavy atom. The van der Waals surface area contributed by atoms with Gasteiger partial charge in [-0.05, 0) is 43.5 Å². The van der Waals surface area contributed by atoms with Crippen LogP contribution >= 0.6 is 0 Å². The quantitative estimate of drug-likeness (QED) is 0.621. The first-order chi connectivity index (χ1) is 13.3. The number of nitrogens with zero attached hydrogens (tertiary/aromatic N) is 1. The fourth-order valence-corrected chi connectivity index (χ4v) is 5.84. The van der Waals surface area contributed by atoms with Gasteiger partial charge in [0.05, 0.1) is 18.0 Å². The lowest BCUT2D eigenvalue weighted by Crippen LogP contribution is -3.22. The number of rotatable bonds is 5. The normalized spacial score (nSPS) is 21.2. The zero-order valence-corrected chi connectivity index (χ0v) is 17.1. The molecule has 0 aliphatic carbocycles. The Morgan fingerprint density at radius 1 is 1.07 bits per heavy atom. The Kier molecular flexibility index (Phi) is 6.07. The van der Waals surface area contributed by atoms with Crippen LogP contribution in [-0.2, 0) is 19.6 Å². The van der Waals surface area contributed by atoms with Gasteiger partial charge in [0.2, 0.25) is 15.9 Å². The topological polar surface area (TPSA) is 114 Å². The van der Waals surface area contributed by atoms with Crippen LogP contribution in [0.4, 0.5) is 5.69 Å². The first kappa shape index (κ1) is 20.8. The van der Waals surface area contributed by atoms with Crippen molar-refractivity contribution in [3.8, 4) is 0 Å². The number of hydrogen-bond donors (Lipinski definition) is 3. The summed E-state index contributed by atoms with van der Waals surface area (Å²) in [5, 5.41) is 2.62. The molecule has 8 nitrogen and oxygen atoms in total. The molecule has 0 aromatic heterocycles. The van der Waals surface area contributed by atoms with Crippen LogP contribution in [0.2, 0.25) is 0 Å². The summed E-state index contributed by atoms with van der Waals surface area (Å²) in [5.74, 6) is -0.532. The first-order valence-corrected chi connectivity index (χ1v) is 11.2. The van der Waals surface area contributed by atoms with E-state index in [1.807, 2.05) is 0 Å². The fraction of sp³-hybridized carbons (Fsp3) is 0.579. The van der Waals surface area contributed by atoms with Crippen LogP contribution in [0.1, 0.15) is 39.0 Å². The molecule has 154 valence electrons. The molecule has 4 N–H and O–H groups in total.